The van der Waals surface area contributed by atoms with Gasteiger partial charge in [-0.05, 0) is 107 Å². The molecule has 7 aromatic rings. The number of carbonyl (C=O) groups excluding carboxylic acids is 2. The Labute approximate surface area is 357 Å². The minimum absolute atomic E-state index is 0.0339. The lowest BCUT2D eigenvalue weighted by Gasteiger charge is -2.09. The number of nitrogens with zero attached hydrogens (tertiary/aromatic N) is 5. The highest BCUT2D eigenvalue weighted by molar-refractivity contribution is 5.97. The zero-order valence-electron chi connectivity index (χ0n) is 33.9. The van der Waals surface area contributed by atoms with Crippen molar-refractivity contribution in [2.75, 3.05) is 26.8 Å². The molecule has 0 aliphatic carbocycles. The topological polar surface area (TPSA) is 172 Å². The number of aromatic nitrogens is 4. The third kappa shape index (κ3) is 10.7. The van der Waals surface area contributed by atoms with Crippen molar-refractivity contribution in [2.45, 2.75) is 32.4 Å². The van der Waals surface area contributed by atoms with Crippen LogP contribution in [0.2, 0.25) is 0 Å². The number of rotatable bonds is 18. The smallest absolute Gasteiger partial charge is 0.335 e. The molecule has 0 spiro atoms. The maximum absolute atomic E-state index is 14.4. The highest BCUT2D eigenvalue weighted by atomic mass is 19.1. The van der Waals surface area contributed by atoms with Crippen LogP contribution in [-0.2, 0) is 37.2 Å². The lowest BCUT2D eigenvalue weighted by atomic mass is 10.1. The van der Waals surface area contributed by atoms with Crippen LogP contribution < -0.4 is 19.9 Å². The molecule has 2 amide bonds. The van der Waals surface area contributed by atoms with Crippen LogP contribution in [0.4, 0.5) is 4.39 Å². The van der Waals surface area contributed by atoms with Gasteiger partial charge in [0.25, 0.3) is 11.8 Å². The molecule has 14 heteroatoms. The van der Waals surface area contributed by atoms with Crippen LogP contribution in [0.3, 0.4) is 0 Å². The second kappa shape index (κ2) is 20.0. The molecular formula is C48H43FN7O6+. The van der Waals surface area contributed by atoms with E-state index in [1.165, 1.54) is 12.1 Å². The summed E-state index contributed by atoms with van der Waals surface area (Å²) in [6.07, 6.45) is 5.47. The van der Waals surface area contributed by atoms with Gasteiger partial charge in [-0.25, -0.2) is 18.7 Å². The molecule has 4 aromatic carbocycles. The summed E-state index contributed by atoms with van der Waals surface area (Å²) < 4.78 is 29.5. The molecular weight excluding hydrogens is 790 g/mol. The van der Waals surface area contributed by atoms with E-state index in [0.29, 0.717) is 79.4 Å². The number of carboxylic acids is 1. The van der Waals surface area contributed by atoms with E-state index in [1.54, 1.807) is 67.8 Å². The normalized spacial score (nSPS) is 10.9. The third-order valence-corrected chi connectivity index (χ3v) is 10.2. The van der Waals surface area contributed by atoms with Crippen molar-refractivity contribution in [2.24, 2.45) is 0 Å². The number of ether oxygens (including phenoxy) is 2. The second-order valence-corrected chi connectivity index (χ2v) is 14.4. The van der Waals surface area contributed by atoms with Gasteiger partial charge >= 0.3 is 17.7 Å². The molecule has 13 nitrogen and oxygen atoms in total. The van der Waals surface area contributed by atoms with E-state index < -0.39 is 11.8 Å². The monoisotopic (exact) mass is 832 g/mol. The molecule has 0 atom stereocenters. The van der Waals surface area contributed by atoms with Crippen molar-refractivity contribution in [3.63, 3.8) is 0 Å². The molecule has 0 saturated carbocycles. The molecule has 0 unspecified atom stereocenters. The summed E-state index contributed by atoms with van der Waals surface area (Å²) in [4.78, 5) is 46.5. The van der Waals surface area contributed by atoms with Crippen molar-refractivity contribution in [1.82, 2.24) is 25.2 Å². The number of imidazole rings is 1. The Hall–Kier alpha value is -7.76. The van der Waals surface area contributed by atoms with Gasteiger partial charge in [-0.3, -0.25) is 9.59 Å². The number of halogens is 1. The number of carbonyl (C=O) groups is 3. The molecule has 3 N–H and O–H groups in total. The number of nitrogens with one attached hydrogen (secondary N) is 2. The maximum atomic E-state index is 14.4. The Morgan fingerprint density at radius 3 is 2.10 bits per heavy atom. The van der Waals surface area contributed by atoms with Gasteiger partial charge in [0, 0.05) is 62.0 Å². The molecule has 3 heterocycles. The maximum Gasteiger partial charge on any atom is 0.335 e. The van der Waals surface area contributed by atoms with Gasteiger partial charge in [-0.2, -0.15) is 5.26 Å². The third-order valence-electron chi connectivity index (χ3n) is 10.2. The summed E-state index contributed by atoms with van der Waals surface area (Å²) in [7, 11) is 1.65. The molecule has 0 aliphatic rings. The van der Waals surface area contributed by atoms with E-state index in [9.17, 15) is 18.8 Å². The summed E-state index contributed by atoms with van der Waals surface area (Å²) in [5.41, 5.74) is 6.29. The summed E-state index contributed by atoms with van der Waals surface area (Å²) in [5, 5.41) is 23.9. The first kappa shape index (κ1) is 42.4. The van der Waals surface area contributed by atoms with Crippen molar-refractivity contribution in [3.8, 4) is 17.8 Å². The lowest BCUT2D eigenvalue weighted by Crippen LogP contribution is -2.30. The summed E-state index contributed by atoms with van der Waals surface area (Å²) >= 11 is 0. The molecule has 7 rings (SSSR count). The molecule has 0 radical (unpaired) electrons. The molecule has 62 heavy (non-hydrogen) atoms. The van der Waals surface area contributed by atoms with Gasteiger partial charge < -0.3 is 29.8 Å². The first-order valence-electron chi connectivity index (χ1n) is 19.9. The van der Waals surface area contributed by atoms with Crippen LogP contribution in [-0.4, -0.2) is 64.2 Å². The lowest BCUT2D eigenvalue weighted by molar-refractivity contribution is -0.599. The zero-order chi connectivity index (χ0) is 43.4. The zero-order valence-corrected chi connectivity index (χ0v) is 33.9. The summed E-state index contributed by atoms with van der Waals surface area (Å²) in [6, 6.07) is 34.8. The van der Waals surface area contributed by atoms with Gasteiger partial charge in [0.2, 0.25) is 0 Å². The second-order valence-electron chi connectivity index (χ2n) is 14.4. The molecule has 0 bridgehead atoms. The Bertz CT molecular complexity index is 2750. The fourth-order valence-electron chi connectivity index (χ4n) is 6.79. The quantitative estimate of drug-likeness (QED) is 0.0855. The Morgan fingerprint density at radius 1 is 0.790 bits per heavy atom. The van der Waals surface area contributed by atoms with Crippen molar-refractivity contribution < 1.29 is 37.9 Å². The molecule has 0 fully saturated rings. The number of amides is 2. The van der Waals surface area contributed by atoms with E-state index in [2.05, 4.69) is 20.2 Å². The van der Waals surface area contributed by atoms with E-state index in [0.717, 1.165) is 28.0 Å². The Balaban J connectivity index is 0.927. The van der Waals surface area contributed by atoms with Gasteiger partial charge in [0.05, 0.1) is 47.2 Å². The number of pyridine rings is 2. The predicted octanol–water partition coefficient (Wildman–Crippen LogP) is 6.18. The SMILES string of the molecule is COCCn1c(Cc2cc[n+](-c3cccc(OCc4ccc(C#N)cc4F)n3)cc2)nc2cc(C(=O)NCCc3ccc(C(=O)NCCc4ccc(C(=O)O)cc4)cc3)ccc21. The standard InChI is InChI=1S/C48H42FN7O6/c1-61-26-25-56-42-16-15-38(47(58)52-22-18-32-5-10-36(11-6-32)46(57)51-21-17-33-7-12-37(13-8-33)48(59)60)29-41(42)53-44(56)28-34-19-23-55(24-20-34)43-3-2-4-45(54-43)62-31-39-14-9-35(30-50)27-40(39)49/h2-16,19-20,23-24,27,29H,17-18,21-22,25-26,28,31H2,1H3,(H2-,51,52,57,58,59,60)/p+1. The number of hydrogen-bond acceptors (Lipinski definition) is 8. The number of carboxylic acid groups (broad SMARTS) is 1. The van der Waals surface area contributed by atoms with Crippen LogP contribution in [0, 0.1) is 17.1 Å². The van der Waals surface area contributed by atoms with Crippen LogP contribution in [0.5, 0.6) is 5.88 Å². The van der Waals surface area contributed by atoms with E-state index in [4.69, 9.17) is 24.8 Å². The number of aromatic carboxylic acids is 1. The van der Waals surface area contributed by atoms with Crippen molar-refractivity contribution in [1.29, 1.82) is 5.26 Å². The number of nitriles is 1. The first-order valence-corrected chi connectivity index (χ1v) is 19.9. The van der Waals surface area contributed by atoms with Crippen LogP contribution in [0.25, 0.3) is 16.9 Å². The van der Waals surface area contributed by atoms with Crippen LogP contribution in [0.15, 0.2) is 128 Å². The van der Waals surface area contributed by atoms with Crippen molar-refractivity contribution >= 4 is 28.8 Å². The fourth-order valence-corrected chi connectivity index (χ4v) is 6.79. The minimum atomic E-state index is -0.978. The Kier molecular flexibility index (Phi) is 13.7. The number of hydrogen-bond donors (Lipinski definition) is 3. The molecule has 312 valence electrons. The predicted molar refractivity (Wildman–Crippen MR) is 228 cm³/mol. The Morgan fingerprint density at radius 2 is 1.45 bits per heavy atom. The highest BCUT2D eigenvalue weighted by Gasteiger charge is 2.17. The first-order chi connectivity index (χ1) is 30.2. The highest BCUT2D eigenvalue weighted by Crippen LogP contribution is 2.21. The number of methoxy groups -OCH3 is 1. The van der Waals surface area contributed by atoms with Crippen LogP contribution >= 0.6 is 0 Å². The average molecular weight is 833 g/mol. The average Bonchev–Trinajstić information content (AvgIpc) is 3.64. The minimum Gasteiger partial charge on any atom is -0.478 e. The van der Waals surface area contributed by atoms with E-state index in [-0.39, 0.29) is 29.5 Å². The van der Waals surface area contributed by atoms with Crippen LogP contribution in [0.1, 0.15) is 64.7 Å². The molecule has 0 aliphatic heterocycles. The summed E-state index contributed by atoms with van der Waals surface area (Å²) in [5.74, 6) is -0.144. The van der Waals surface area contributed by atoms with E-state index >= 15 is 0 Å². The van der Waals surface area contributed by atoms with Gasteiger partial charge in [0.15, 0.2) is 0 Å². The van der Waals surface area contributed by atoms with Gasteiger partial charge in [-0.15, -0.1) is 0 Å². The molecule has 3 aromatic heterocycles. The fraction of sp³-hybridized carbons (Fsp3) is 0.188. The van der Waals surface area contributed by atoms with Crippen molar-refractivity contribution in [3.05, 3.63) is 184 Å². The largest absolute Gasteiger partial charge is 0.478 e. The molecule has 0 saturated heterocycles. The number of benzene rings is 4. The number of fused-ring (bicyclic) bond motifs is 1. The van der Waals surface area contributed by atoms with E-state index in [1.807, 2.05) is 65.5 Å². The summed E-state index contributed by atoms with van der Waals surface area (Å²) in [6.45, 7) is 1.84. The van der Waals surface area contributed by atoms with Gasteiger partial charge in [0.1, 0.15) is 18.2 Å². The van der Waals surface area contributed by atoms with Gasteiger partial charge in [-0.1, -0.05) is 30.3 Å².